The van der Waals surface area contributed by atoms with E-state index < -0.39 is 0 Å². The monoisotopic (exact) mass is 402 g/mol. The first-order chi connectivity index (χ1) is 14.0. The molecule has 0 saturated carbocycles. The largest absolute Gasteiger partial charge is 0.381 e. The highest BCUT2D eigenvalue weighted by molar-refractivity contribution is 5.92. The molecule has 4 aliphatic heterocycles. The van der Waals surface area contributed by atoms with Crippen LogP contribution in [0.25, 0.3) is 0 Å². The summed E-state index contributed by atoms with van der Waals surface area (Å²) in [6.45, 7) is 5.24. The van der Waals surface area contributed by atoms with E-state index in [0.29, 0.717) is 38.5 Å². The number of amides is 2. The smallest absolute Gasteiger partial charge is 0.274 e. The number of hydrogen-bond acceptors (Lipinski definition) is 5. The van der Waals surface area contributed by atoms with Crippen molar-refractivity contribution in [2.24, 2.45) is 24.8 Å². The van der Waals surface area contributed by atoms with Crippen molar-refractivity contribution in [2.75, 3.05) is 32.8 Å². The van der Waals surface area contributed by atoms with Crippen molar-refractivity contribution in [1.82, 2.24) is 20.0 Å². The van der Waals surface area contributed by atoms with Crippen molar-refractivity contribution in [1.29, 1.82) is 0 Å². The average molecular weight is 402 g/mol. The van der Waals surface area contributed by atoms with Crippen LogP contribution in [0.5, 0.6) is 0 Å². The number of nitrogens with zero attached hydrogens (tertiary/aromatic N) is 3. The molecule has 0 aromatic carbocycles. The number of rotatable bonds is 4. The lowest BCUT2D eigenvalue weighted by Crippen LogP contribution is -2.43. The summed E-state index contributed by atoms with van der Waals surface area (Å²) in [6.07, 6.45) is 3.81. The quantitative estimate of drug-likeness (QED) is 0.809. The van der Waals surface area contributed by atoms with E-state index in [1.807, 2.05) is 24.9 Å². The highest BCUT2D eigenvalue weighted by atomic mass is 16.5. The topological polar surface area (TPSA) is 85.7 Å². The van der Waals surface area contributed by atoms with Gasteiger partial charge in [0, 0.05) is 56.8 Å². The Balaban J connectivity index is 1.25. The molecule has 1 N–H and O–H groups in total. The van der Waals surface area contributed by atoms with Gasteiger partial charge < -0.3 is 19.7 Å². The zero-order valence-electron chi connectivity index (χ0n) is 17.2. The maximum absolute atomic E-state index is 13.0. The van der Waals surface area contributed by atoms with Crippen molar-refractivity contribution >= 4 is 11.8 Å². The lowest BCUT2D eigenvalue weighted by Gasteiger charge is -2.30. The summed E-state index contributed by atoms with van der Waals surface area (Å²) in [5, 5.41) is 7.54. The zero-order valence-corrected chi connectivity index (χ0v) is 17.2. The fraction of sp³-hybridized carbons (Fsp3) is 0.762. The molecule has 4 fully saturated rings. The van der Waals surface area contributed by atoms with E-state index in [0.717, 1.165) is 31.4 Å². The number of aryl methyl sites for hydroxylation is 2. The molecule has 1 spiro atoms. The zero-order chi connectivity index (χ0) is 20.2. The minimum atomic E-state index is -0.238. The predicted molar refractivity (Wildman–Crippen MR) is 104 cm³/mol. The summed E-state index contributed by atoms with van der Waals surface area (Å²) in [6, 6.07) is 1.85. The Hall–Kier alpha value is -1.93. The molecule has 8 nitrogen and oxygen atoms in total. The molecular formula is C21H30N4O4. The van der Waals surface area contributed by atoms with E-state index >= 15 is 0 Å². The van der Waals surface area contributed by atoms with Crippen molar-refractivity contribution < 1.29 is 19.1 Å². The fourth-order valence-corrected chi connectivity index (χ4v) is 5.77. The number of hydrogen-bond donors (Lipinski definition) is 1. The molecule has 1 aromatic rings. The summed E-state index contributed by atoms with van der Waals surface area (Å²) in [4.78, 5) is 27.5. The molecule has 5 heterocycles. The highest BCUT2D eigenvalue weighted by Crippen LogP contribution is 2.54. The number of likely N-dealkylation sites (tertiary alicyclic amines) is 1. The number of carbonyl (C=O) groups excluding carboxylic acids is 2. The highest BCUT2D eigenvalue weighted by Gasteiger charge is 2.63. The van der Waals surface area contributed by atoms with Gasteiger partial charge in [0.1, 0.15) is 0 Å². The first kappa shape index (κ1) is 19.1. The van der Waals surface area contributed by atoms with Crippen LogP contribution in [0.3, 0.4) is 0 Å². The van der Waals surface area contributed by atoms with Crippen molar-refractivity contribution in [3.63, 3.8) is 0 Å². The molecule has 2 bridgehead atoms. The normalized spacial score (nSPS) is 33.9. The molecule has 4 saturated heterocycles. The minimum absolute atomic E-state index is 0.0190. The van der Waals surface area contributed by atoms with E-state index in [9.17, 15) is 9.59 Å². The van der Waals surface area contributed by atoms with E-state index in [1.165, 1.54) is 0 Å². The van der Waals surface area contributed by atoms with E-state index in [-0.39, 0.29) is 41.3 Å². The first-order valence-corrected chi connectivity index (χ1v) is 10.8. The summed E-state index contributed by atoms with van der Waals surface area (Å²) < 4.78 is 13.5. The third kappa shape index (κ3) is 3.17. The van der Waals surface area contributed by atoms with Crippen LogP contribution in [-0.4, -0.2) is 71.0 Å². The Labute approximate surface area is 170 Å². The molecule has 0 aliphatic carbocycles. The van der Waals surface area contributed by atoms with Crippen LogP contribution < -0.4 is 5.32 Å². The van der Waals surface area contributed by atoms with Crippen LogP contribution in [0.1, 0.15) is 41.9 Å². The Kier molecular flexibility index (Phi) is 4.66. The number of aromatic nitrogens is 2. The lowest BCUT2D eigenvalue weighted by atomic mass is 9.73. The molecule has 0 unspecified atom stereocenters. The number of fused-ring (bicyclic) bond motifs is 1. The number of ether oxygens (including phenoxy) is 2. The van der Waals surface area contributed by atoms with Gasteiger partial charge in [0.05, 0.1) is 18.2 Å². The van der Waals surface area contributed by atoms with Crippen LogP contribution in [0.15, 0.2) is 6.07 Å². The van der Waals surface area contributed by atoms with Crippen LogP contribution in [0, 0.1) is 24.7 Å². The molecule has 4 aliphatic rings. The second-order valence-electron chi connectivity index (χ2n) is 9.14. The van der Waals surface area contributed by atoms with E-state index in [1.54, 1.807) is 4.68 Å². The Bertz CT molecular complexity index is 798. The first-order valence-electron chi connectivity index (χ1n) is 10.8. The van der Waals surface area contributed by atoms with Gasteiger partial charge in [-0.15, -0.1) is 0 Å². The Morgan fingerprint density at radius 1 is 1.31 bits per heavy atom. The van der Waals surface area contributed by atoms with Crippen LogP contribution in [0.4, 0.5) is 0 Å². The van der Waals surface area contributed by atoms with Crippen LogP contribution in [-0.2, 0) is 21.3 Å². The number of nitrogens with one attached hydrogen (secondary N) is 1. The second kappa shape index (κ2) is 7.09. The maximum Gasteiger partial charge on any atom is 0.274 e. The van der Waals surface area contributed by atoms with Crippen molar-refractivity contribution in [3.05, 3.63) is 17.5 Å². The molecule has 0 radical (unpaired) electrons. The predicted octanol–water partition coefficient (Wildman–Crippen LogP) is 0.891. The van der Waals surface area contributed by atoms with Gasteiger partial charge in [-0.25, -0.2) is 0 Å². The van der Waals surface area contributed by atoms with Crippen LogP contribution in [0.2, 0.25) is 0 Å². The number of carbonyl (C=O) groups is 2. The van der Waals surface area contributed by atoms with Gasteiger partial charge in [0.15, 0.2) is 5.69 Å². The minimum Gasteiger partial charge on any atom is -0.381 e. The molecule has 2 amide bonds. The summed E-state index contributed by atoms with van der Waals surface area (Å²) in [5.74, 6) is 0.738. The van der Waals surface area contributed by atoms with E-state index in [4.69, 9.17) is 9.47 Å². The van der Waals surface area contributed by atoms with Crippen molar-refractivity contribution in [3.8, 4) is 0 Å². The SMILES string of the molecule is Cc1cc(C(=O)N2C[C@@H]3[C@H](CNC(=O)C4CCOCC4)[C@H]4CC[C@]3(C2)O4)nn1C. The standard InChI is InChI=1S/C21H30N4O4/c1-13-9-17(23-24(13)2)20(27)25-11-16-15(18-3-6-21(16,12-25)29-18)10-22-19(26)14-4-7-28-8-5-14/h9,14-16,18H,3-8,10-12H2,1-2H3,(H,22,26)/t15-,16+,18+,21+/m0/s1. The molecule has 5 rings (SSSR count). The van der Waals surface area contributed by atoms with Gasteiger partial charge in [-0.1, -0.05) is 0 Å². The summed E-state index contributed by atoms with van der Waals surface area (Å²) in [7, 11) is 1.85. The lowest BCUT2D eigenvalue weighted by molar-refractivity contribution is -0.128. The summed E-state index contributed by atoms with van der Waals surface area (Å²) in [5.41, 5.74) is 1.23. The molecule has 4 atom stereocenters. The van der Waals surface area contributed by atoms with Crippen molar-refractivity contribution in [2.45, 2.75) is 44.3 Å². The third-order valence-electron chi connectivity index (χ3n) is 7.51. The van der Waals surface area contributed by atoms with Gasteiger partial charge in [0.2, 0.25) is 5.91 Å². The maximum atomic E-state index is 13.0. The molecule has 158 valence electrons. The van der Waals surface area contributed by atoms with Gasteiger partial charge in [-0.3, -0.25) is 14.3 Å². The molecule has 29 heavy (non-hydrogen) atoms. The van der Waals surface area contributed by atoms with Gasteiger partial charge in [-0.2, -0.15) is 5.10 Å². The Morgan fingerprint density at radius 2 is 2.10 bits per heavy atom. The summed E-state index contributed by atoms with van der Waals surface area (Å²) >= 11 is 0. The molecular weight excluding hydrogens is 372 g/mol. The van der Waals surface area contributed by atoms with Gasteiger partial charge in [-0.05, 0) is 38.7 Å². The van der Waals surface area contributed by atoms with Gasteiger partial charge >= 0.3 is 0 Å². The third-order valence-corrected chi connectivity index (χ3v) is 7.51. The van der Waals surface area contributed by atoms with Crippen LogP contribution >= 0.6 is 0 Å². The second-order valence-corrected chi connectivity index (χ2v) is 9.14. The average Bonchev–Trinajstić information content (AvgIpc) is 3.46. The fourth-order valence-electron chi connectivity index (χ4n) is 5.77. The van der Waals surface area contributed by atoms with E-state index in [2.05, 4.69) is 10.4 Å². The molecule has 1 aromatic heterocycles. The van der Waals surface area contributed by atoms with Gasteiger partial charge in [0.25, 0.3) is 5.91 Å². The molecule has 8 heteroatoms. The Morgan fingerprint density at radius 3 is 2.83 bits per heavy atom.